The predicted molar refractivity (Wildman–Crippen MR) is 198 cm³/mol. The highest BCUT2D eigenvalue weighted by atomic mass is 28.3. The maximum absolute atomic E-state index is 5.57. The molecule has 0 atom stereocenters. The molecular formula is C42H30N4Si. The largest absolute Gasteiger partial charge is 0.309 e. The Bertz CT molecular complexity index is 2660. The molecular weight excluding hydrogens is 589 g/mol. The minimum Gasteiger partial charge on any atom is -0.309 e. The fraction of sp³-hybridized carbons (Fsp3) is 0.0476. The summed E-state index contributed by atoms with van der Waals surface area (Å²) in [6.45, 7) is 4.90. The van der Waals surface area contributed by atoms with Crippen molar-refractivity contribution in [2.45, 2.75) is 13.1 Å². The second kappa shape index (κ2) is 9.61. The van der Waals surface area contributed by atoms with Crippen LogP contribution < -0.4 is 10.4 Å². The SMILES string of the molecule is C[Si]1(C)c2ccccc2-c2nc(-n3c4ccccc4c4ccccc43)nc(-c3ccc4c(c3)c3ccccc3n4-c3ccccc3)c21. The van der Waals surface area contributed by atoms with Crippen LogP contribution in [0.2, 0.25) is 13.1 Å². The monoisotopic (exact) mass is 618 g/mol. The van der Waals surface area contributed by atoms with Gasteiger partial charge in [-0.3, -0.25) is 4.57 Å². The highest BCUT2D eigenvalue weighted by Gasteiger charge is 2.42. The van der Waals surface area contributed by atoms with Gasteiger partial charge in [0.2, 0.25) is 5.95 Å². The van der Waals surface area contributed by atoms with E-state index in [2.05, 4.69) is 168 Å². The van der Waals surface area contributed by atoms with Crippen molar-refractivity contribution in [2.75, 3.05) is 0 Å². The second-order valence-electron chi connectivity index (χ2n) is 13.1. The zero-order valence-corrected chi connectivity index (χ0v) is 27.1. The molecule has 0 spiro atoms. The molecule has 10 rings (SSSR count). The van der Waals surface area contributed by atoms with Gasteiger partial charge in [-0.25, -0.2) is 9.97 Å². The molecule has 4 nitrogen and oxygen atoms in total. The first kappa shape index (κ1) is 26.4. The number of hydrogen-bond acceptors (Lipinski definition) is 2. The van der Waals surface area contributed by atoms with Crippen molar-refractivity contribution >= 4 is 62.1 Å². The van der Waals surface area contributed by atoms with Crippen LogP contribution in [0.5, 0.6) is 0 Å². The van der Waals surface area contributed by atoms with Crippen LogP contribution in [0.25, 0.3) is 77.8 Å². The lowest BCUT2D eigenvalue weighted by atomic mass is 10.0. The molecule has 0 saturated carbocycles. The molecule has 9 aromatic rings. The van der Waals surface area contributed by atoms with Crippen LogP contribution in [0.3, 0.4) is 0 Å². The lowest BCUT2D eigenvalue weighted by Crippen LogP contribution is -2.50. The van der Waals surface area contributed by atoms with Gasteiger partial charge in [-0.2, -0.15) is 0 Å². The molecule has 47 heavy (non-hydrogen) atoms. The van der Waals surface area contributed by atoms with E-state index in [0.29, 0.717) is 5.95 Å². The van der Waals surface area contributed by atoms with Crippen molar-refractivity contribution < 1.29 is 0 Å². The first-order valence-electron chi connectivity index (χ1n) is 16.2. The maximum Gasteiger partial charge on any atom is 0.235 e. The highest BCUT2D eigenvalue weighted by molar-refractivity contribution is 7.04. The molecule has 0 aliphatic carbocycles. The van der Waals surface area contributed by atoms with Gasteiger partial charge in [-0.05, 0) is 58.4 Å². The molecule has 0 radical (unpaired) electrons. The summed E-state index contributed by atoms with van der Waals surface area (Å²) in [6.07, 6.45) is 0. The zero-order chi connectivity index (χ0) is 31.3. The minimum absolute atomic E-state index is 0.712. The summed E-state index contributed by atoms with van der Waals surface area (Å²) in [7, 11) is -2.13. The van der Waals surface area contributed by atoms with E-state index in [-0.39, 0.29) is 0 Å². The third-order valence-electron chi connectivity index (χ3n) is 10.1. The van der Waals surface area contributed by atoms with Crippen molar-refractivity contribution in [1.29, 1.82) is 0 Å². The van der Waals surface area contributed by atoms with Crippen molar-refractivity contribution in [2.24, 2.45) is 0 Å². The summed E-state index contributed by atoms with van der Waals surface area (Å²) in [4.78, 5) is 11.0. The molecule has 1 aliphatic rings. The Morgan fingerprint density at radius 3 is 1.70 bits per heavy atom. The number of fused-ring (bicyclic) bond motifs is 9. The van der Waals surface area contributed by atoms with Gasteiger partial charge in [0.1, 0.15) is 8.07 Å². The molecule has 3 aromatic heterocycles. The van der Waals surface area contributed by atoms with Crippen molar-refractivity contribution in [3.8, 4) is 34.2 Å². The van der Waals surface area contributed by atoms with Gasteiger partial charge in [0, 0.05) is 32.8 Å². The number of benzene rings is 6. The minimum atomic E-state index is -2.13. The lowest BCUT2D eigenvalue weighted by Gasteiger charge is -2.22. The molecule has 5 heteroatoms. The van der Waals surface area contributed by atoms with Crippen molar-refractivity contribution in [1.82, 2.24) is 19.1 Å². The molecule has 0 saturated heterocycles. The van der Waals surface area contributed by atoms with E-state index in [1.54, 1.807) is 0 Å². The quantitative estimate of drug-likeness (QED) is 0.185. The summed E-state index contributed by atoms with van der Waals surface area (Å²) in [5, 5.41) is 7.61. The second-order valence-corrected chi connectivity index (χ2v) is 17.3. The summed E-state index contributed by atoms with van der Waals surface area (Å²) >= 11 is 0. The van der Waals surface area contributed by atoms with E-state index in [1.165, 1.54) is 48.5 Å². The predicted octanol–water partition coefficient (Wildman–Crippen LogP) is 9.14. The average Bonchev–Trinajstić information content (AvgIpc) is 3.72. The number of rotatable bonds is 3. The topological polar surface area (TPSA) is 35.6 Å². The van der Waals surface area contributed by atoms with Crippen LogP contribution in [-0.2, 0) is 0 Å². The average molecular weight is 619 g/mol. The third-order valence-corrected chi connectivity index (χ3v) is 13.6. The van der Waals surface area contributed by atoms with Gasteiger partial charge in [-0.1, -0.05) is 116 Å². The van der Waals surface area contributed by atoms with E-state index < -0.39 is 8.07 Å². The van der Waals surface area contributed by atoms with E-state index in [1.807, 2.05) is 0 Å². The van der Waals surface area contributed by atoms with Crippen LogP contribution in [0, 0.1) is 0 Å². The molecule has 222 valence electrons. The fourth-order valence-electron chi connectivity index (χ4n) is 8.03. The summed E-state index contributed by atoms with van der Waals surface area (Å²) in [5.74, 6) is 0.712. The van der Waals surface area contributed by atoms with Gasteiger partial charge < -0.3 is 4.57 Å². The molecule has 1 aliphatic heterocycles. The van der Waals surface area contributed by atoms with E-state index in [0.717, 1.165) is 33.7 Å². The molecule has 0 bridgehead atoms. The van der Waals surface area contributed by atoms with E-state index in [4.69, 9.17) is 9.97 Å². The summed E-state index contributed by atoms with van der Waals surface area (Å²) in [6, 6.07) is 52.4. The molecule has 4 heterocycles. The Morgan fingerprint density at radius 2 is 1.00 bits per heavy atom. The Balaban J connectivity index is 1.31. The number of nitrogens with zero attached hydrogens (tertiary/aromatic N) is 4. The van der Waals surface area contributed by atoms with Gasteiger partial charge in [-0.15, -0.1) is 0 Å². The maximum atomic E-state index is 5.57. The van der Waals surface area contributed by atoms with Crippen molar-refractivity contribution in [3.63, 3.8) is 0 Å². The van der Waals surface area contributed by atoms with Crippen LogP contribution >= 0.6 is 0 Å². The molecule has 0 N–H and O–H groups in total. The van der Waals surface area contributed by atoms with Gasteiger partial charge in [0.25, 0.3) is 0 Å². The van der Waals surface area contributed by atoms with Gasteiger partial charge >= 0.3 is 0 Å². The van der Waals surface area contributed by atoms with E-state index >= 15 is 0 Å². The highest BCUT2D eigenvalue weighted by Crippen LogP contribution is 2.38. The Morgan fingerprint density at radius 1 is 0.468 bits per heavy atom. The smallest absolute Gasteiger partial charge is 0.235 e. The fourth-order valence-corrected chi connectivity index (χ4v) is 11.3. The normalized spacial score (nSPS) is 13.5. The third kappa shape index (κ3) is 3.63. The van der Waals surface area contributed by atoms with Crippen LogP contribution in [0.1, 0.15) is 0 Å². The van der Waals surface area contributed by atoms with Crippen molar-refractivity contribution in [3.05, 3.63) is 146 Å². The van der Waals surface area contributed by atoms with E-state index in [9.17, 15) is 0 Å². The number of para-hydroxylation sites is 4. The van der Waals surface area contributed by atoms with Crippen LogP contribution in [0.15, 0.2) is 146 Å². The first-order valence-corrected chi connectivity index (χ1v) is 19.2. The molecule has 0 amide bonds. The summed E-state index contributed by atoms with van der Waals surface area (Å²) in [5.41, 5.74) is 10.3. The number of hydrogen-bond donors (Lipinski definition) is 0. The Labute approximate surface area is 273 Å². The zero-order valence-electron chi connectivity index (χ0n) is 26.1. The molecule has 6 aromatic carbocycles. The standard InChI is InChI=1S/C42H30N4Si/c1-47(2)38-23-13-9-19-32(38)40-41(47)39(43-42(44-40)46-35-21-11-6-16-29(35)30-17-7-12-22-36(30)46)27-24-25-37-33(26-27)31-18-8-10-20-34(31)45(37)28-14-4-3-5-15-28/h3-26H,1-2H3. The van der Waals surface area contributed by atoms with Crippen LogP contribution in [-0.4, -0.2) is 27.2 Å². The Kier molecular flexibility index (Phi) is 5.41. The lowest BCUT2D eigenvalue weighted by molar-refractivity contribution is 1.00. The number of aromatic nitrogens is 4. The summed E-state index contributed by atoms with van der Waals surface area (Å²) < 4.78 is 4.63. The van der Waals surface area contributed by atoms with Gasteiger partial charge in [0.05, 0.1) is 33.5 Å². The van der Waals surface area contributed by atoms with Gasteiger partial charge in [0.15, 0.2) is 0 Å². The molecule has 0 unspecified atom stereocenters. The molecule has 0 fully saturated rings. The Hall–Kier alpha value is -5.78. The first-order chi connectivity index (χ1) is 23.1. The van der Waals surface area contributed by atoms with Crippen LogP contribution in [0.4, 0.5) is 0 Å².